The van der Waals surface area contributed by atoms with Gasteiger partial charge in [-0.2, -0.15) is 0 Å². The van der Waals surface area contributed by atoms with Crippen LogP contribution in [0.15, 0.2) is 10.7 Å². The van der Waals surface area contributed by atoms with Gasteiger partial charge in [0.1, 0.15) is 16.2 Å². The average molecular weight is 286 g/mol. The van der Waals surface area contributed by atoms with Crippen molar-refractivity contribution in [2.75, 3.05) is 11.9 Å². The Morgan fingerprint density at radius 1 is 1.50 bits per heavy atom. The van der Waals surface area contributed by atoms with Crippen LogP contribution in [0.1, 0.15) is 32.0 Å². The molecule has 0 unspecified atom stereocenters. The lowest BCUT2D eigenvalue weighted by atomic mass is 9.77. The molecule has 0 aromatic carbocycles. The standard InChI is InChI=1S/C11H16BrN3O/c1-2-9-13-8(12)6-10(14-9)15-11(7-16)4-3-5-11/h6,16H,2-5,7H2,1H3,(H,13,14,15). The van der Waals surface area contributed by atoms with Crippen molar-refractivity contribution in [1.29, 1.82) is 0 Å². The summed E-state index contributed by atoms with van der Waals surface area (Å²) in [5, 5.41) is 12.7. The molecule has 1 aliphatic carbocycles. The fourth-order valence-corrected chi connectivity index (χ4v) is 2.31. The number of hydrogen-bond acceptors (Lipinski definition) is 4. The smallest absolute Gasteiger partial charge is 0.131 e. The summed E-state index contributed by atoms with van der Waals surface area (Å²) in [6, 6.07) is 1.86. The van der Waals surface area contributed by atoms with Crippen molar-refractivity contribution in [3.05, 3.63) is 16.5 Å². The summed E-state index contributed by atoms with van der Waals surface area (Å²) in [4.78, 5) is 8.66. The molecule has 0 atom stereocenters. The molecule has 2 N–H and O–H groups in total. The predicted molar refractivity (Wildman–Crippen MR) is 66.4 cm³/mol. The van der Waals surface area contributed by atoms with Gasteiger partial charge < -0.3 is 10.4 Å². The monoisotopic (exact) mass is 285 g/mol. The summed E-state index contributed by atoms with van der Waals surface area (Å²) < 4.78 is 0.786. The molecular formula is C11H16BrN3O. The molecule has 0 aliphatic heterocycles. The molecular weight excluding hydrogens is 270 g/mol. The summed E-state index contributed by atoms with van der Waals surface area (Å²) >= 11 is 3.37. The van der Waals surface area contributed by atoms with Crippen molar-refractivity contribution in [1.82, 2.24) is 9.97 Å². The third kappa shape index (κ3) is 2.35. The van der Waals surface area contributed by atoms with Crippen LogP contribution in [0, 0.1) is 0 Å². The summed E-state index contributed by atoms with van der Waals surface area (Å²) in [5.41, 5.74) is -0.154. The van der Waals surface area contributed by atoms with Crippen LogP contribution in [0.2, 0.25) is 0 Å². The number of aryl methyl sites for hydroxylation is 1. The third-order valence-corrected chi connectivity index (χ3v) is 3.47. The van der Waals surface area contributed by atoms with Crippen LogP contribution in [0.3, 0.4) is 0 Å². The zero-order chi connectivity index (χ0) is 11.6. The quantitative estimate of drug-likeness (QED) is 0.832. The Morgan fingerprint density at radius 2 is 2.25 bits per heavy atom. The van der Waals surface area contributed by atoms with E-state index in [0.29, 0.717) is 0 Å². The predicted octanol–water partition coefficient (Wildman–Crippen LogP) is 2.13. The number of aliphatic hydroxyl groups is 1. The summed E-state index contributed by atoms with van der Waals surface area (Å²) in [6.45, 7) is 2.19. The van der Waals surface area contributed by atoms with Gasteiger partial charge in [0.05, 0.1) is 12.1 Å². The number of hydrogen-bond donors (Lipinski definition) is 2. The van der Waals surface area contributed by atoms with Gasteiger partial charge in [-0.15, -0.1) is 0 Å². The first-order chi connectivity index (χ1) is 7.67. The number of rotatable bonds is 4. The van der Waals surface area contributed by atoms with Gasteiger partial charge in [0, 0.05) is 12.5 Å². The van der Waals surface area contributed by atoms with Crippen LogP contribution in [0.25, 0.3) is 0 Å². The van der Waals surface area contributed by atoms with E-state index in [4.69, 9.17) is 0 Å². The van der Waals surface area contributed by atoms with Gasteiger partial charge in [-0.3, -0.25) is 0 Å². The van der Waals surface area contributed by atoms with Crippen LogP contribution >= 0.6 is 15.9 Å². The van der Waals surface area contributed by atoms with Crippen LogP contribution in [0.5, 0.6) is 0 Å². The van der Waals surface area contributed by atoms with Crippen LogP contribution in [0.4, 0.5) is 5.82 Å². The molecule has 1 aliphatic rings. The zero-order valence-corrected chi connectivity index (χ0v) is 10.9. The van der Waals surface area contributed by atoms with Crippen molar-refractivity contribution in [2.24, 2.45) is 0 Å². The van der Waals surface area contributed by atoms with E-state index >= 15 is 0 Å². The van der Waals surface area contributed by atoms with Crippen molar-refractivity contribution in [3.63, 3.8) is 0 Å². The van der Waals surface area contributed by atoms with Gasteiger partial charge >= 0.3 is 0 Å². The molecule has 0 spiro atoms. The molecule has 4 nitrogen and oxygen atoms in total. The van der Waals surface area contributed by atoms with E-state index in [1.165, 1.54) is 6.42 Å². The van der Waals surface area contributed by atoms with Crippen LogP contribution in [-0.2, 0) is 6.42 Å². The fourth-order valence-electron chi connectivity index (χ4n) is 1.88. The van der Waals surface area contributed by atoms with Gasteiger partial charge in [0.25, 0.3) is 0 Å². The molecule has 1 fully saturated rings. The highest BCUT2D eigenvalue weighted by atomic mass is 79.9. The second-order valence-electron chi connectivity index (χ2n) is 4.26. The lowest BCUT2D eigenvalue weighted by Gasteiger charge is -2.41. The largest absolute Gasteiger partial charge is 0.394 e. The first-order valence-electron chi connectivity index (χ1n) is 5.60. The van der Waals surface area contributed by atoms with Gasteiger partial charge in [-0.25, -0.2) is 9.97 Å². The Balaban J connectivity index is 2.17. The summed E-state index contributed by atoms with van der Waals surface area (Å²) in [6.07, 6.45) is 3.99. The molecule has 1 heterocycles. The van der Waals surface area contributed by atoms with Crippen molar-refractivity contribution in [3.8, 4) is 0 Å². The van der Waals surface area contributed by atoms with E-state index in [1.807, 2.05) is 13.0 Å². The highest BCUT2D eigenvalue weighted by Gasteiger charge is 2.36. The maximum Gasteiger partial charge on any atom is 0.131 e. The Bertz CT molecular complexity index is 374. The van der Waals surface area contributed by atoms with Crippen molar-refractivity contribution < 1.29 is 5.11 Å². The molecule has 0 saturated heterocycles. The number of halogens is 1. The Morgan fingerprint density at radius 3 is 2.75 bits per heavy atom. The van der Waals surface area contributed by atoms with Gasteiger partial charge in [0.2, 0.25) is 0 Å². The molecule has 1 aromatic rings. The first-order valence-corrected chi connectivity index (χ1v) is 6.39. The van der Waals surface area contributed by atoms with Gasteiger partial charge in [-0.05, 0) is 35.2 Å². The maximum absolute atomic E-state index is 9.38. The highest BCUT2D eigenvalue weighted by molar-refractivity contribution is 9.10. The van der Waals surface area contributed by atoms with Crippen molar-refractivity contribution in [2.45, 2.75) is 38.1 Å². The fraction of sp³-hybridized carbons (Fsp3) is 0.636. The minimum Gasteiger partial charge on any atom is -0.394 e. The number of aromatic nitrogens is 2. The third-order valence-electron chi connectivity index (χ3n) is 3.06. The first kappa shape index (κ1) is 11.8. The normalized spacial score (nSPS) is 17.9. The number of aliphatic hydroxyl groups excluding tert-OH is 1. The minimum atomic E-state index is -0.154. The number of anilines is 1. The molecule has 0 amide bonds. The molecule has 0 bridgehead atoms. The van der Waals surface area contributed by atoms with Crippen LogP contribution in [-0.4, -0.2) is 27.2 Å². The van der Waals surface area contributed by atoms with E-state index < -0.39 is 0 Å². The molecule has 16 heavy (non-hydrogen) atoms. The summed E-state index contributed by atoms with van der Waals surface area (Å²) in [5.74, 6) is 1.61. The van der Waals surface area contributed by atoms with E-state index in [0.717, 1.165) is 35.5 Å². The topological polar surface area (TPSA) is 58.0 Å². The average Bonchev–Trinajstić information content (AvgIpc) is 2.22. The highest BCUT2D eigenvalue weighted by Crippen LogP contribution is 2.34. The molecule has 0 radical (unpaired) electrons. The number of nitrogens with one attached hydrogen (secondary N) is 1. The van der Waals surface area contributed by atoms with E-state index in [9.17, 15) is 5.11 Å². The molecule has 5 heteroatoms. The van der Waals surface area contributed by atoms with Crippen molar-refractivity contribution >= 4 is 21.7 Å². The van der Waals surface area contributed by atoms with Gasteiger partial charge in [-0.1, -0.05) is 6.92 Å². The second-order valence-corrected chi connectivity index (χ2v) is 5.08. The molecule has 1 saturated carbocycles. The minimum absolute atomic E-state index is 0.154. The van der Waals surface area contributed by atoms with Gasteiger partial charge in [0.15, 0.2) is 0 Å². The lowest BCUT2D eigenvalue weighted by molar-refractivity contribution is 0.144. The zero-order valence-electron chi connectivity index (χ0n) is 9.33. The van der Waals surface area contributed by atoms with E-state index in [-0.39, 0.29) is 12.1 Å². The maximum atomic E-state index is 9.38. The Labute approximate surface area is 104 Å². The van der Waals surface area contributed by atoms with E-state index in [1.54, 1.807) is 0 Å². The molecule has 1 aromatic heterocycles. The second kappa shape index (κ2) is 4.67. The van der Waals surface area contributed by atoms with E-state index in [2.05, 4.69) is 31.2 Å². The Kier molecular flexibility index (Phi) is 3.44. The molecule has 2 rings (SSSR count). The van der Waals surface area contributed by atoms with Crippen LogP contribution < -0.4 is 5.32 Å². The Hall–Kier alpha value is -0.680. The lowest BCUT2D eigenvalue weighted by Crippen LogP contribution is -2.48. The number of nitrogens with zero attached hydrogens (tertiary/aromatic N) is 2. The summed E-state index contributed by atoms with van der Waals surface area (Å²) in [7, 11) is 0. The SMILES string of the molecule is CCc1nc(Br)cc(NC2(CO)CCC2)n1. The molecule has 88 valence electrons.